The van der Waals surface area contributed by atoms with Crippen molar-refractivity contribution in [2.45, 2.75) is 43.5 Å². The summed E-state index contributed by atoms with van der Waals surface area (Å²) in [7, 11) is -4.86. The lowest BCUT2D eigenvalue weighted by Crippen LogP contribution is -2.58. The van der Waals surface area contributed by atoms with Crippen LogP contribution in [0.4, 0.5) is 17.6 Å². The van der Waals surface area contributed by atoms with E-state index in [0.29, 0.717) is 30.2 Å². The summed E-state index contributed by atoms with van der Waals surface area (Å²) >= 11 is 0. The van der Waals surface area contributed by atoms with Gasteiger partial charge in [-0.15, -0.1) is 0 Å². The Morgan fingerprint density at radius 2 is 1.94 bits per heavy atom. The van der Waals surface area contributed by atoms with Crippen LogP contribution in [0.3, 0.4) is 0 Å². The number of benzene rings is 2. The van der Waals surface area contributed by atoms with E-state index in [2.05, 4.69) is 4.72 Å². The van der Waals surface area contributed by atoms with E-state index >= 15 is 0 Å². The Balaban J connectivity index is 1.76. The van der Waals surface area contributed by atoms with Crippen LogP contribution in [0.25, 0.3) is 11.1 Å². The molecule has 33 heavy (non-hydrogen) atoms. The number of sulfonamides is 1. The monoisotopic (exact) mass is 486 g/mol. The van der Waals surface area contributed by atoms with Crippen molar-refractivity contribution in [3.63, 3.8) is 0 Å². The van der Waals surface area contributed by atoms with Gasteiger partial charge in [-0.25, -0.2) is 21.9 Å². The molecule has 0 saturated carbocycles. The van der Waals surface area contributed by atoms with Crippen molar-refractivity contribution in [3.8, 4) is 16.9 Å². The average molecular weight is 486 g/mol. The van der Waals surface area contributed by atoms with Crippen LogP contribution < -0.4 is 9.46 Å². The Morgan fingerprint density at radius 1 is 1.15 bits per heavy atom. The molecule has 1 saturated heterocycles. The molecule has 0 aliphatic carbocycles. The molecule has 2 aliphatic heterocycles. The molecular weight excluding hydrogens is 464 g/mol. The van der Waals surface area contributed by atoms with E-state index in [1.165, 1.54) is 4.90 Å². The molecule has 0 unspecified atom stereocenters. The number of halogens is 4. The summed E-state index contributed by atoms with van der Waals surface area (Å²) in [5.74, 6) is -5.81. The number of nitrogens with zero attached hydrogens (tertiary/aromatic N) is 1. The number of carbonyl (C=O) groups excluding carboxylic acids is 1. The van der Waals surface area contributed by atoms with Gasteiger partial charge in [0, 0.05) is 24.2 Å². The highest BCUT2D eigenvalue weighted by atomic mass is 32.2. The summed E-state index contributed by atoms with van der Waals surface area (Å²) in [6, 6.07) is 6.93. The van der Waals surface area contributed by atoms with Gasteiger partial charge in [-0.05, 0) is 36.5 Å². The number of hydrogen-bond acceptors (Lipinski definition) is 4. The summed E-state index contributed by atoms with van der Waals surface area (Å²) < 4.78 is 85.7. The highest BCUT2D eigenvalue weighted by molar-refractivity contribution is 7.89. The Hall–Kier alpha value is -2.66. The predicted molar refractivity (Wildman–Crippen MR) is 112 cm³/mol. The van der Waals surface area contributed by atoms with E-state index in [-0.39, 0.29) is 43.1 Å². The highest BCUT2D eigenvalue weighted by Gasteiger charge is 2.38. The maximum absolute atomic E-state index is 14.5. The third-order valence-electron chi connectivity index (χ3n) is 5.90. The van der Waals surface area contributed by atoms with Crippen LogP contribution in [0.2, 0.25) is 0 Å². The molecule has 1 fully saturated rings. The fraction of sp³-hybridized carbons (Fsp3) is 0.409. The molecule has 0 radical (unpaired) electrons. The molecule has 2 aromatic carbocycles. The summed E-state index contributed by atoms with van der Waals surface area (Å²) in [5.41, 5.74) is 1.30. The van der Waals surface area contributed by atoms with Crippen molar-refractivity contribution in [2.24, 2.45) is 0 Å². The molecule has 2 aliphatic rings. The number of rotatable bonds is 3. The first-order chi connectivity index (χ1) is 15.7. The van der Waals surface area contributed by atoms with E-state index in [4.69, 9.17) is 4.74 Å². The fourth-order valence-electron chi connectivity index (χ4n) is 4.43. The molecule has 11 heteroatoms. The minimum Gasteiger partial charge on any atom is -0.489 e. The molecule has 1 amide bonds. The summed E-state index contributed by atoms with van der Waals surface area (Å²) in [4.78, 5) is 14.4. The van der Waals surface area contributed by atoms with Crippen LogP contribution in [0.5, 0.6) is 5.75 Å². The number of hydrogen-bond donors (Lipinski definition) is 1. The van der Waals surface area contributed by atoms with Gasteiger partial charge in [0.2, 0.25) is 5.91 Å². The van der Waals surface area contributed by atoms with Gasteiger partial charge in [-0.1, -0.05) is 24.3 Å². The number of nitrogens with one attached hydrogen (secondary N) is 1. The third kappa shape index (κ3) is 4.98. The molecule has 0 aromatic heterocycles. The van der Waals surface area contributed by atoms with Crippen molar-refractivity contribution in [1.82, 2.24) is 9.62 Å². The van der Waals surface area contributed by atoms with Crippen molar-refractivity contribution in [1.29, 1.82) is 0 Å². The maximum atomic E-state index is 14.5. The second kappa shape index (κ2) is 9.30. The first-order valence-electron chi connectivity index (χ1n) is 10.5. The highest BCUT2D eigenvalue weighted by Crippen LogP contribution is 2.35. The minimum absolute atomic E-state index is 0.144. The first kappa shape index (κ1) is 23.5. The molecule has 2 bridgehead atoms. The number of alkyl halides is 2. The minimum atomic E-state index is -4.86. The van der Waals surface area contributed by atoms with Gasteiger partial charge >= 0.3 is 5.76 Å². The number of piperidine rings is 1. The Kier molecular flexibility index (Phi) is 6.62. The Bertz CT molecular complexity index is 1160. The van der Waals surface area contributed by atoms with Gasteiger partial charge in [0.25, 0.3) is 10.0 Å². The second-order valence-corrected chi connectivity index (χ2v) is 9.78. The number of carbonyl (C=O) groups is 1. The quantitative estimate of drug-likeness (QED) is 0.675. The lowest BCUT2D eigenvalue weighted by molar-refractivity contribution is -0.136. The largest absolute Gasteiger partial charge is 0.489 e. The maximum Gasteiger partial charge on any atom is 0.350 e. The van der Waals surface area contributed by atoms with Crippen LogP contribution in [-0.2, 0) is 21.2 Å². The first-order valence-corrected chi connectivity index (χ1v) is 12.0. The predicted octanol–water partition coefficient (Wildman–Crippen LogP) is 3.46. The van der Waals surface area contributed by atoms with Crippen molar-refractivity contribution < 1.29 is 35.5 Å². The van der Waals surface area contributed by atoms with Gasteiger partial charge in [0.1, 0.15) is 5.82 Å². The van der Waals surface area contributed by atoms with Gasteiger partial charge in [0.15, 0.2) is 11.6 Å². The summed E-state index contributed by atoms with van der Waals surface area (Å²) in [6.45, 7) is 0.136. The molecular formula is C22H22F4N2O4S. The molecule has 178 valence electrons. The number of fused-ring (bicyclic) bond motifs is 5. The van der Waals surface area contributed by atoms with Crippen LogP contribution in [0.1, 0.15) is 24.8 Å². The standard InChI is InChI=1S/C22H22F4N2O4S/c23-15-11-16-14-4-1-3-13(9-14)10-19-18(27-33(30,31)22(25)26)5-2-7-28(19)20(29)6-8-32-21(16)17(24)12-15/h1,3-4,9,11-12,18-19,22,27H,2,5-8,10H2/t18-,19-/m0/s1. The van der Waals surface area contributed by atoms with Gasteiger partial charge in [-0.2, -0.15) is 8.78 Å². The molecule has 6 nitrogen and oxygen atoms in total. The second-order valence-electron chi connectivity index (χ2n) is 8.09. The van der Waals surface area contributed by atoms with E-state index in [9.17, 15) is 30.8 Å². The Labute approximate surface area is 188 Å². The molecule has 0 spiro atoms. The third-order valence-corrected chi connectivity index (χ3v) is 7.00. The SMILES string of the molecule is O=C1CCOc2c(F)cc(F)cc2-c2cccc(c2)C[C@H]2[C@@H](NS(=O)(=O)C(F)F)CCCN12. The number of ether oxygens (including phenoxy) is 1. The smallest absolute Gasteiger partial charge is 0.350 e. The fourth-order valence-corrected chi connectivity index (χ4v) is 5.23. The zero-order valence-corrected chi connectivity index (χ0v) is 18.3. The normalized spacial score (nSPS) is 21.5. The van der Waals surface area contributed by atoms with Gasteiger partial charge < -0.3 is 9.64 Å². The topological polar surface area (TPSA) is 75.7 Å². The average Bonchev–Trinajstić information content (AvgIpc) is 2.75. The van der Waals surface area contributed by atoms with Crippen molar-refractivity contribution >= 4 is 15.9 Å². The summed E-state index contributed by atoms with van der Waals surface area (Å²) in [5, 5.41) is 0. The van der Waals surface area contributed by atoms with Crippen LogP contribution in [0, 0.1) is 11.6 Å². The van der Waals surface area contributed by atoms with Gasteiger partial charge in [0.05, 0.1) is 19.1 Å². The molecule has 1 N–H and O–H groups in total. The van der Waals surface area contributed by atoms with E-state index in [0.717, 1.165) is 6.07 Å². The van der Waals surface area contributed by atoms with E-state index < -0.39 is 39.5 Å². The van der Waals surface area contributed by atoms with Crippen LogP contribution in [-0.4, -0.2) is 50.2 Å². The zero-order valence-electron chi connectivity index (χ0n) is 17.4. The van der Waals surface area contributed by atoms with Gasteiger partial charge in [-0.3, -0.25) is 4.79 Å². The molecule has 2 aromatic rings. The van der Waals surface area contributed by atoms with Crippen molar-refractivity contribution in [2.75, 3.05) is 13.2 Å². The van der Waals surface area contributed by atoms with Crippen LogP contribution >= 0.6 is 0 Å². The van der Waals surface area contributed by atoms with E-state index in [1.807, 2.05) is 0 Å². The Morgan fingerprint density at radius 3 is 2.70 bits per heavy atom. The lowest BCUT2D eigenvalue weighted by Gasteiger charge is -2.42. The molecule has 2 heterocycles. The van der Waals surface area contributed by atoms with E-state index in [1.54, 1.807) is 24.3 Å². The van der Waals surface area contributed by atoms with Crippen molar-refractivity contribution in [3.05, 3.63) is 53.6 Å². The molecule has 4 rings (SSSR count). The zero-order chi connectivity index (χ0) is 23.8. The number of amides is 1. The summed E-state index contributed by atoms with van der Waals surface area (Å²) in [6.07, 6.45) is 0.741. The molecule has 2 atom stereocenters. The van der Waals surface area contributed by atoms with Crippen LogP contribution in [0.15, 0.2) is 36.4 Å². The lowest BCUT2D eigenvalue weighted by atomic mass is 9.90.